The molecule has 0 aromatic carbocycles. The van der Waals surface area contributed by atoms with E-state index in [0.717, 1.165) is 38.5 Å². The molecular weight excluding hydrogens is 815 g/mol. The van der Waals surface area contributed by atoms with Gasteiger partial charge in [0.25, 0.3) is 0 Å². The molecule has 392 valence electrons. The molecule has 0 aromatic heterocycles. The van der Waals surface area contributed by atoms with Crippen LogP contribution in [0.25, 0.3) is 0 Å². The lowest BCUT2D eigenvalue weighted by atomic mass is 10.0. The quantitative estimate of drug-likeness (QED) is 0.0321. The number of ether oxygens (including phenoxy) is 1. The normalized spacial score (nSPS) is 12.6. The minimum Gasteiger partial charge on any atom is -0.466 e. The van der Waals surface area contributed by atoms with Crippen LogP contribution in [0.2, 0.25) is 0 Å². The van der Waals surface area contributed by atoms with Crippen LogP contribution in [0, 0.1) is 0 Å². The van der Waals surface area contributed by atoms with Crippen molar-refractivity contribution >= 4 is 11.9 Å². The Labute approximate surface area is 412 Å². The van der Waals surface area contributed by atoms with Crippen LogP contribution in [0.4, 0.5) is 0 Å². The second kappa shape index (κ2) is 56.2. The fraction of sp³-hybridized carbons (Fsp3) is 0.933. The summed E-state index contributed by atoms with van der Waals surface area (Å²) in [5.74, 6) is -0.0282. The van der Waals surface area contributed by atoms with Gasteiger partial charge in [-0.3, -0.25) is 9.59 Å². The van der Waals surface area contributed by atoms with Crippen LogP contribution >= 0.6 is 0 Å². The summed E-state index contributed by atoms with van der Waals surface area (Å²) in [6.45, 7) is 4.95. The molecule has 0 aliphatic carbocycles. The fourth-order valence-corrected chi connectivity index (χ4v) is 9.46. The lowest BCUT2D eigenvalue weighted by molar-refractivity contribution is -0.143. The van der Waals surface area contributed by atoms with E-state index in [1.807, 2.05) is 0 Å². The Balaban J connectivity index is 3.36. The Bertz CT molecular complexity index is 986. The first-order chi connectivity index (χ1) is 32.5. The van der Waals surface area contributed by atoms with Crippen LogP contribution in [0.5, 0.6) is 0 Å². The fourth-order valence-electron chi connectivity index (χ4n) is 9.46. The number of allylic oxidation sites excluding steroid dienone is 2. The molecule has 0 saturated heterocycles. The van der Waals surface area contributed by atoms with Crippen molar-refractivity contribution in [1.29, 1.82) is 0 Å². The average molecular weight is 933 g/mol. The first-order valence-electron chi connectivity index (χ1n) is 29.9. The molecule has 1 amide bonds. The zero-order valence-electron chi connectivity index (χ0n) is 44.7. The smallest absolute Gasteiger partial charge is 0.305 e. The van der Waals surface area contributed by atoms with Crippen LogP contribution in [0.1, 0.15) is 335 Å². The third kappa shape index (κ3) is 52.0. The van der Waals surface area contributed by atoms with Crippen molar-refractivity contribution < 1.29 is 24.5 Å². The van der Waals surface area contributed by atoms with Gasteiger partial charge in [0.05, 0.1) is 25.4 Å². The van der Waals surface area contributed by atoms with E-state index in [1.165, 1.54) is 263 Å². The SMILES string of the molecule is CCCCCCCCCCCCCCCCCCCC(=O)OCCCCCCCCCCCCC/C=C\CCCCCCCCCC(=O)NC(CO)C(O)CCCCCCCCCCCC. The average Bonchev–Trinajstić information content (AvgIpc) is 3.32. The van der Waals surface area contributed by atoms with Gasteiger partial charge in [0.15, 0.2) is 0 Å². The predicted molar refractivity (Wildman–Crippen MR) is 287 cm³/mol. The van der Waals surface area contributed by atoms with Crippen molar-refractivity contribution in [3.63, 3.8) is 0 Å². The topological polar surface area (TPSA) is 95.9 Å². The van der Waals surface area contributed by atoms with Gasteiger partial charge in [-0.05, 0) is 51.4 Å². The molecule has 2 unspecified atom stereocenters. The maximum atomic E-state index is 12.4. The Morgan fingerprint density at radius 1 is 0.409 bits per heavy atom. The second-order valence-corrected chi connectivity index (χ2v) is 20.7. The van der Waals surface area contributed by atoms with E-state index in [9.17, 15) is 19.8 Å². The molecule has 0 radical (unpaired) electrons. The molecule has 6 nitrogen and oxygen atoms in total. The van der Waals surface area contributed by atoms with E-state index < -0.39 is 12.1 Å². The van der Waals surface area contributed by atoms with Crippen LogP contribution in [0.15, 0.2) is 12.2 Å². The number of carbonyl (C=O) groups is 2. The number of hydrogen-bond acceptors (Lipinski definition) is 5. The second-order valence-electron chi connectivity index (χ2n) is 20.7. The summed E-state index contributed by atoms with van der Waals surface area (Å²) in [4.78, 5) is 24.5. The van der Waals surface area contributed by atoms with Crippen molar-refractivity contribution in [2.45, 2.75) is 347 Å². The van der Waals surface area contributed by atoms with Gasteiger partial charge in [-0.25, -0.2) is 0 Å². The summed E-state index contributed by atoms with van der Waals surface area (Å²) in [5, 5.41) is 23.1. The molecule has 0 bridgehead atoms. The van der Waals surface area contributed by atoms with E-state index in [2.05, 4.69) is 31.3 Å². The zero-order valence-corrected chi connectivity index (χ0v) is 44.7. The van der Waals surface area contributed by atoms with Crippen molar-refractivity contribution in [2.75, 3.05) is 13.2 Å². The van der Waals surface area contributed by atoms with Gasteiger partial charge in [-0.15, -0.1) is 0 Å². The van der Waals surface area contributed by atoms with Gasteiger partial charge in [-0.1, -0.05) is 283 Å². The lowest BCUT2D eigenvalue weighted by Crippen LogP contribution is -2.45. The van der Waals surface area contributed by atoms with E-state index in [1.54, 1.807) is 0 Å². The maximum Gasteiger partial charge on any atom is 0.305 e. The molecular formula is C60H117NO5. The first kappa shape index (κ1) is 64.6. The summed E-state index contributed by atoms with van der Waals surface area (Å²) >= 11 is 0. The highest BCUT2D eigenvalue weighted by Crippen LogP contribution is 2.17. The van der Waals surface area contributed by atoms with E-state index >= 15 is 0 Å². The minimum atomic E-state index is -0.666. The van der Waals surface area contributed by atoms with Gasteiger partial charge in [0.1, 0.15) is 0 Å². The molecule has 0 aromatic rings. The highest BCUT2D eigenvalue weighted by atomic mass is 16.5. The number of hydrogen-bond donors (Lipinski definition) is 3. The Kier molecular flexibility index (Phi) is 55.0. The summed E-state index contributed by atoms with van der Waals surface area (Å²) in [7, 11) is 0. The number of unbranched alkanes of at least 4 members (excludes halogenated alkanes) is 43. The number of carbonyl (C=O) groups excluding carboxylic acids is 2. The van der Waals surface area contributed by atoms with Crippen molar-refractivity contribution in [3.05, 3.63) is 12.2 Å². The molecule has 0 heterocycles. The lowest BCUT2D eigenvalue weighted by Gasteiger charge is -2.22. The summed E-state index contributed by atoms with van der Waals surface area (Å²) in [6.07, 6.45) is 66.5. The molecule has 3 N–H and O–H groups in total. The van der Waals surface area contributed by atoms with Crippen LogP contribution in [0.3, 0.4) is 0 Å². The Morgan fingerprint density at radius 3 is 1.08 bits per heavy atom. The van der Waals surface area contributed by atoms with Crippen molar-refractivity contribution in [3.8, 4) is 0 Å². The zero-order chi connectivity index (χ0) is 47.9. The molecule has 0 spiro atoms. The van der Waals surface area contributed by atoms with Crippen molar-refractivity contribution in [2.24, 2.45) is 0 Å². The highest BCUT2D eigenvalue weighted by molar-refractivity contribution is 5.76. The molecule has 6 heteroatoms. The Morgan fingerprint density at radius 2 is 0.712 bits per heavy atom. The number of esters is 1. The van der Waals surface area contributed by atoms with E-state index in [4.69, 9.17) is 4.74 Å². The largest absolute Gasteiger partial charge is 0.466 e. The monoisotopic (exact) mass is 932 g/mol. The molecule has 2 atom stereocenters. The molecule has 0 saturated carbocycles. The van der Waals surface area contributed by atoms with Crippen molar-refractivity contribution in [1.82, 2.24) is 5.32 Å². The summed E-state index contributed by atoms with van der Waals surface area (Å²) in [6, 6.07) is -0.544. The van der Waals surface area contributed by atoms with Gasteiger partial charge in [-0.2, -0.15) is 0 Å². The number of aliphatic hydroxyl groups is 2. The molecule has 66 heavy (non-hydrogen) atoms. The highest BCUT2D eigenvalue weighted by Gasteiger charge is 2.20. The minimum absolute atomic E-state index is 0.0143. The number of aliphatic hydroxyl groups excluding tert-OH is 2. The maximum absolute atomic E-state index is 12.4. The number of nitrogens with one attached hydrogen (secondary N) is 1. The molecule has 0 rings (SSSR count). The van der Waals surface area contributed by atoms with Gasteiger partial charge < -0.3 is 20.3 Å². The number of rotatable bonds is 56. The predicted octanol–water partition coefficient (Wildman–Crippen LogP) is 18.5. The number of amides is 1. The summed E-state index contributed by atoms with van der Waals surface area (Å²) in [5.41, 5.74) is 0. The Hall–Kier alpha value is -1.40. The molecule has 0 fully saturated rings. The van der Waals surface area contributed by atoms with Gasteiger partial charge >= 0.3 is 5.97 Å². The van der Waals surface area contributed by atoms with Crippen LogP contribution in [-0.2, 0) is 14.3 Å². The molecule has 0 aliphatic heterocycles. The first-order valence-corrected chi connectivity index (χ1v) is 29.9. The van der Waals surface area contributed by atoms with Gasteiger partial charge in [0, 0.05) is 12.8 Å². The van der Waals surface area contributed by atoms with Crippen LogP contribution < -0.4 is 5.32 Å². The molecule has 0 aliphatic rings. The van der Waals surface area contributed by atoms with Crippen LogP contribution in [-0.4, -0.2) is 47.4 Å². The third-order valence-electron chi connectivity index (χ3n) is 14.1. The third-order valence-corrected chi connectivity index (χ3v) is 14.1. The van der Waals surface area contributed by atoms with Gasteiger partial charge in [0.2, 0.25) is 5.91 Å². The standard InChI is InChI=1S/C60H117NO5/c1-3-5-7-9-11-13-15-16-17-24-28-31-34-38-42-46-50-54-60(65)66-55-51-47-43-39-35-32-29-26-23-21-19-18-20-22-25-27-30-33-37-41-45-49-53-59(64)61-57(56-62)58(63)52-48-44-40-36-14-12-10-8-6-4-2/h20,22,57-58,62-63H,3-19,21,23-56H2,1-2H3,(H,61,64)/b22-20-. The summed E-state index contributed by atoms with van der Waals surface area (Å²) < 4.78 is 5.49. The van der Waals surface area contributed by atoms with E-state index in [0.29, 0.717) is 25.9 Å². The van der Waals surface area contributed by atoms with E-state index in [-0.39, 0.29) is 18.5 Å².